The van der Waals surface area contributed by atoms with Gasteiger partial charge in [-0.3, -0.25) is 0 Å². The van der Waals surface area contributed by atoms with Crippen molar-refractivity contribution in [2.45, 2.75) is 10.9 Å². The first-order valence-corrected chi connectivity index (χ1v) is 11.5. The number of nitrogens with one attached hydrogen (secondary N) is 3. The van der Waals surface area contributed by atoms with Gasteiger partial charge in [0.1, 0.15) is 11.6 Å². The fourth-order valence-corrected chi connectivity index (χ4v) is 4.89. The summed E-state index contributed by atoms with van der Waals surface area (Å²) in [5, 5.41) is 9.22. The van der Waals surface area contributed by atoms with Crippen molar-refractivity contribution in [1.29, 1.82) is 0 Å². The van der Waals surface area contributed by atoms with Crippen LogP contribution in [-0.2, 0) is 10.0 Å². The normalized spacial score (nSPS) is 13.8. The standard InChI is InChI=1S/C21H24FN7O2S.ClH/c22-15-1-3-16(4-2-15)26-20-9-11-25-21(28-20)27-17-5-7-19(8-6-17)32(30,31)29(12-10-23)18-13-24-14-18;/h1-9,11,18,24H,10,12-14,23H2,(H2,25,26,27,28);1H. The van der Waals surface area contributed by atoms with Crippen molar-refractivity contribution in [1.82, 2.24) is 19.6 Å². The molecule has 3 aromatic rings. The fraction of sp³-hybridized carbons (Fsp3) is 0.238. The van der Waals surface area contributed by atoms with Gasteiger partial charge in [-0.1, -0.05) is 0 Å². The molecule has 2 heterocycles. The highest BCUT2D eigenvalue weighted by atomic mass is 35.5. The highest BCUT2D eigenvalue weighted by Crippen LogP contribution is 2.23. The molecule has 33 heavy (non-hydrogen) atoms. The predicted molar refractivity (Wildman–Crippen MR) is 128 cm³/mol. The average molecular weight is 494 g/mol. The van der Waals surface area contributed by atoms with Crippen LogP contribution in [0.15, 0.2) is 65.7 Å². The van der Waals surface area contributed by atoms with Gasteiger partial charge in [0.05, 0.1) is 10.9 Å². The Morgan fingerprint density at radius 2 is 1.67 bits per heavy atom. The summed E-state index contributed by atoms with van der Waals surface area (Å²) in [7, 11) is -3.64. The monoisotopic (exact) mass is 493 g/mol. The first-order valence-electron chi connectivity index (χ1n) is 10.1. The summed E-state index contributed by atoms with van der Waals surface area (Å²) in [5.41, 5.74) is 6.95. The zero-order chi connectivity index (χ0) is 22.6. The van der Waals surface area contributed by atoms with Crippen molar-refractivity contribution in [3.63, 3.8) is 0 Å². The first-order chi connectivity index (χ1) is 15.5. The maximum absolute atomic E-state index is 13.1. The minimum Gasteiger partial charge on any atom is -0.340 e. The molecular formula is C21H25ClFN7O2S. The summed E-state index contributed by atoms with van der Waals surface area (Å²) in [6.45, 7) is 1.78. The van der Waals surface area contributed by atoms with Crippen molar-refractivity contribution in [2.24, 2.45) is 5.73 Å². The number of hydrogen-bond donors (Lipinski definition) is 4. The Bertz CT molecular complexity index is 1160. The number of anilines is 4. The van der Waals surface area contributed by atoms with E-state index in [1.54, 1.807) is 48.7 Å². The molecule has 1 fully saturated rings. The van der Waals surface area contributed by atoms with Crippen molar-refractivity contribution >= 4 is 45.6 Å². The Labute approximate surface area is 198 Å². The number of nitrogens with zero attached hydrogens (tertiary/aromatic N) is 3. The number of nitrogens with two attached hydrogens (primary N) is 1. The molecular weight excluding hydrogens is 469 g/mol. The largest absolute Gasteiger partial charge is 0.340 e. The van der Waals surface area contributed by atoms with Gasteiger partial charge in [-0.05, 0) is 54.6 Å². The topological polar surface area (TPSA) is 125 Å². The molecule has 0 amide bonds. The molecule has 0 unspecified atom stereocenters. The van der Waals surface area contributed by atoms with Crippen molar-refractivity contribution in [3.05, 3.63) is 66.6 Å². The molecule has 0 atom stereocenters. The molecule has 1 aromatic heterocycles. The number of halogens is 2. The van der Waals surface area contributed by atoms with Crippen LogP contribution in [0.25, 0.3) is 0 Å². The number of aromatic nitrogens is 2. The first kappa shape index (κ1) is 24.8. The fourth-order valence-electron chi connectivity index (χ4n) is 3.25. The average Bonchev–Trinajstić information content (AvgIpc) is 2.74. The zero-order valence-electron chi connectivity index (χ0n) is 17.6. The minimum absolute atomic E-state index is 0. The molecule has 1 aliphatic rings. The van der Waals surface area contributed by atoms with E-state index in [4.69, 9.17) is 5.73 Å². The summed E-state index contributed by atoms with van der Waals surface area (Å²) in [6.07, 6.45) is 1.58. The highest BCUT2D eigenvalue weighted by molar-refractivity contribution is 7.89. The number of sulfonamides is 1. The molecule has 0 bridgehead atoms. The van der Waals surface area contributed by atoms with E-state index >= 15 is 0 Å². The molecule has 9 nitrogen and oxygen atoms in total. The van der Waals surface area contributed by atoms with Gasteiger partial charge >= 0.3 is 0 Å². The quantitative estimate of drug-likeness (QED) is 0.358. The maximum atomic E-state index is 13.1. The Morgan fingerprint density at radius 1 is 1.03 bits per heavy atom. The lowest BCUT2D eigenvalue weighted by Crippen LogP contribution is -2.59. The smallest absolute Gasteiger partial charge is 0.243 e. The summed E-state index contributed by atoms with van der Waals surface area (Å²) >= 11 is 0. The Hall–Kier alpha value is -2.83. The summed E-state index contributed by atoms with van der Waals surface area (Å²) in [6, 6.07) is 14.0. The summed E-state index contributed by atoms with van der Waals surface area (Å²) < 4.78 is 40.6. The predicted octanol–water partition coefficient (Wildman–Crippen LogP) is 2.45. The zero-order valence-corrected chi connectivity index (χ0v) is 19.2. The van der Waals surface area contributed by atoms with Crippen LogP contribution < -0.4 is 21.7 Å². The van der Waals surface area contributed by atoms with Gasteiger partial charge in [0.2, 0.25) is 16.0 Å². The second kappa shape index (κ2) is 10.9. The van der Waals surface area contributed by atoms with Gasteiger partial charge in [0.15, 0.2) is 0 Å². The summed E-state index contributed by atoms with van der Waals surface area (Å²) in [4.78, 5) is 8.77. The number of benzene rings is 2. The molecule has 0 radical (unpaired) electrons. The molecule has 0 spiro atoms. The van der Waals surface area contributed by atoms with Crippen LogP contribution in [0.2, 0.25) is 0 Å². The van der Waals surface area contributed by atoms with Crippen LogP contribution >= 0.6 is 12.4 Å². The molecule has 4 rings (SSSR count). The number of rotatable bonds is 9. The van der Waals surface area contributed by atoms with Gasteiger partial charge in [-0.2, -0.15) is 9.29 Å². The molecule has 12 heteroatoms. The molecule has 1 saturated heterocycles. The van der Waals surface area contributed by atoms with E-state index in [0.29, 0.717) is 36.2 Å². The lowest BCUT2D eigenvalue weighted by molar-refractivity contribution is 0.246. The van der Waals surface area contributed by atoms with E-state index in [1.165, 1.54) is 16.4 Å². The molecule has 176 valence electrons. The van der Waals surface area contributed by atoms with Crippen LogP contribution in [0.5, 0.6) is 0 Å². The molecule has 2 aromatic carbocycles. The van der Waals surface area contributed by atoms with E-state index < -0.39 is 10.0 Å². The second-order valence-corrected chi connectivity index (χ2v) is 9.15. The third-order valence-electron chi connectivity index (χ3n) is 5.01. The lowest BCUT2D eigenvalue weighted by atomic mass is 10.2. The van der Waals surface area contributed by atoms with E-state index in [2.05, 4.69) is 25.9 Å². The Balaban J connectivity index is 0.00000306. The van der Waals surface area contributed by atoms with Crippen LogP contribution in [0.3, 0.4) is 0 Å². The van der Waals surface area contributed by atoms with Gasteiger partial charge < -0.3 is 21.7 Å². The van der Waals surface area contributed by atoms with Gasteiger partial charge in [-0.15, -0.1) is 12.4 Å². The third-order valence-corrected chi connectivity index (χ3v) is 6.97. The molecule has 0 aliphatic carbocycles. The SMILES string of the molecule is Cl.NCCN(C1CNC1)S(=O)(=O)c1ccc(Nc2nccc(Nc3ccc(F)cc3)n2)cc1. The highest BCUT2D eigenvalue weighted by Gasteiger charge is 2.34. The second-order valence-electron chi connectivity index (χ2n) is 7.26. The molecule has 0 saturated carbocycles. The number of hydrogen-bond acceptors (Lipinski definition) is 8. The lowest BCUT2D eigenvalue weighted by Gasteiger charge is -2.37. The van der Waals surface area contributed by atoms with E-state index in [0.717, 1.165) is 0 Å². The van der Waals surface area contributed by atoms with E-state index in [-0.39, 0.29) is 42.3 Å². The minimum atomic E-state index is -3.64. The third kappa shape index (κ3) is 5.95. The van der Waals surface area contributed by atoms with E-state index in [1.807, 2.05) is 0 Å². The van der Waals surface area contributed by atoms with Crippen LogP contribution in [0, 0.1) is 5.82 Å². The van der Waals surface area contributed by atoms with Crippen molar-refractivity contribution < 1.29 is 12.8 Å². The van der Waals surface area contributed by atoms with Crippen LogP contribution in [0.1, 0.15) is 0 Å². The van der Waals surface area contributed by atoms with Gasteiger partial charge in [0, 0.05) is 43.8 Å². The maximum Gasteiger partial charge on any atom is 0.243 e. The van der Waals surface area contributed by atoms with Crippen LogP contribution in [-0.4, -0.2) is 54.9 Å². The Kier molecular flexibility index (Phi) is 8.16. The van der Waals surface area contributed by atoms with Crippen molar-refractivity contribution in [3.8, 4) is 0 Å². The van der Waals surface area contributed by atoms with Crippen molar-refractivity contribution in [2.75, 3.05) is 36.8 Å². The van der Waals surface area contributed by atoms with Gasteiger partial charge in [0.25, 0.3) is 0 Å². The Morgan fingerprint density at radius 3 is 2.27 bits per heavy atom. The van der Waals surface area contributed by atoms with E-state index in [9.17, 15) is 12.8 Å². The summed E-state index contributed by atoms with van der Waals surface area (Å²) in [5.74, 6) is 0.541. The molecule has 1 aliphatic heterocycles. The molecule has 5 N–H and O–H groups in total. The van der Waals surface area contributed by atoms with Crippen LogP contribution in [0.4, 0.5) is 27.5 Å². The van der Waals surface area contributed by atoms with Gasteiger partial charge in [-0.25, -0.2) is 17.8 Å².